The molecule has 23 heavy (non-hydrogen) atoms. The molecule has 0 amide bonds. The maximum atomic E-state index is 12.3. The first-order valence-corrected chi connectivity index (χ1v) is 9.13. The Kier molecular flexibility index (Phi) is 4.28. The second-order valence-corrected chi connectivity index (χ2v) is 8.59. The summed E-state index contributed by atoms with van der Waals surface area (Å²) in [5.74, 6) is 0.0222. The van der Waals surface area contributed by atoms with E-state index >= 15 is 0 Å². The van der Waals surface area contributed by atoms with Crippen LogP contribution in [-0.2, 0) is 20.0 Å². The minimum atomic E-state index is -3.25. The van der Waals surface area contributed by atoms with Crippen molar-refractivity contribution in [3.8, 4) is 0 Å². The Morgan fingerprint density at radius 3 is 2.48 bits per heavy atom. The van der Waals surface area contributed by atoms with Gasteiger partial charge in [-0.05, 0) is 42.2 Å². The highest BCUT2D eigenvalue weighted by molar-refractivity contribution is 7.91. The smallest absolute Gasteiger partial charge is 0.179 e. The van der Waals surface area contributed by atoms with Crippen LogP contribution in [0.25, 0.3) is 5.57 Å². The number of fused-ring (bicyclic) bond motifs is 1. The van der Waals surface area contributed by atoms with Crippen LogP contribution < -0.4 is 5.32 Å². The monoisotopic (exact) mass is 333 g/mol. The van der Waals surface area contributed by atoms with Gasteiger partial charge in [-0.2, -0.15) is 0 Å². The Bertz CT molecular complexity index is 830. The fourth-order valence-electron chi connectivity index (χ4n) is 3.43. The molecule has 1 heterocycles. The normalized spacial score (nSPS) is 18.4. The summed E-state index contributed by atoms with van der Waals surface area (Å²) in [4.78, 5) is 12.3. The van der Waals surface area contributed by atoms with E-state index in [0.29, 0.717) is 16.0 Å². The molecule has 1 N–H and O–H groups in total. The van der Waals surface area contributed by atoms with E-state index < -0.39 is 15.3 Å². The van der Waals surface area contributed by atoms with Crippen LogP contribution in [0, 0.1) is 6.92 Å². The van der Waals surface area contributed by atoms with Gasteiger partial charge in [0.2, 0.25) is 0 Å². The molecule has 0 aromatic heterocycles. The van der Waals surface area contributed by atoms with Crippen molar-refractivity contribution in [2.24, 2.45) is 0 Å². The van der Waals surface area contributed by atoms with Gasteiger partial charge >= 0.3 is 0 Å². The first-order chi connectivity index (χ1) is 10.5. The van der Waals surface area contributed by atoms with Gasteiger partial charge in [-0.15, -0.1) is 0 Å². The number of sulfone groups is 1. The Balaban J connectivity index is 2.68. The number of ketones is 1. The van der Waals surface area contributed by atoms with Crippen LogP contribution in [0.3, 0.4) is 0 Å². The minimum absolute atomic E-state index is 0.0869. The summed E-state index contributed by atoms with van der Waals surface area (Å²) in [5, 5.41) is 2.86. The van der Waals surface area contributed by atoms with Crippen LogP contribution in [0.5, 0.6) is 0 Å². The van der Waals surface area contributed by atoms with E-state index in [4.69, 9.17) is 0 Å². The Labute approximate surface area is 138 Å². The number of benzene rings is 1. The number of rotatable bonds is 4. The van der Waals surface area contributed by atoms with Gasteiger partial charge in [-0.1, -0.05) is 26.5 Å². The van der Waals surface area contributed by atoms with Gasteiger partial charge in [-0.25, -0.2) is 8.42 Å². The number of carbonyl (C=O) groups excluding carboxylic acids is 1. The van der Waals surface area contributed by atoms with Gasteiger partial charge in [0.1, 0.15) is 0 Å². The van der Waals surface area contributed by atoms with Gasteiger partial charge in [-0.3, -0.25) is 4.79 Å². The zero-order valence-corrected chi connectivity index (χ0v) is 15.1. The zero-order valence-electron chi connectivity index (χ0n) is 14.3. The fourth-order valence-corrected chi connectivity index (χ4v) is 5.70. The lowest BCUT2D eigenvalue weighted by atomic mass is 9.81. The van der Waals surface area contributed by atoms with E-state index in [1.165, 1.54) is 6.92 Å². The lowest BCUT2D eigenvalue weighted by Gasteiger charge is -2.22. The van der Waals surface area contributed by atoms with Crippen molar-refractivity contribution >= 4 is 21.2 Å². The maximum Gasteiger partial charge on any atom is 0.179 e. The van der Waals surface area contributed by atoms with E-state index in [2.05, 4.69) is 11.9 Å². The van der Waals surface area contributed by atoms with Crippen molar-refractivity contribution in [1.82, 2.24) is 5.32 Å². The second kappa shape index (κ2) is 5.64. The molecule has 0 atom stereocenters. The molecule has 1 aliphatic heterocycles. The number of hydrogen-bond donors (Lipinski definition) is 1. The molecule has 0 saturated heterocycles. The molecule has 0 bridgehead atoms. The molecule has 4 nitrogen and oxygen atoms in total. The predicted molar refractivity (Wildman–Crippen MR) is 93.1 cm³/mol. The highest BCUT2D eigenvalue weighted by Gasteiger charge is 2.42. The van der Waals surface area contributed by atoms with Crippen molar-refractivity contribution in [3.63, 3.8) is 0 Å². The van der Waals surface area contributed by atoms with E-state index in [9.17, 15) is 13.2 Å². The summed E-state index contributed by atoms with van der Waals surface area (Å²) >= 11 is 0. The zero-order chi connectivity index (χ0) is 17.6. The summed E-state index contributed by atoms with van der Waals surface area (Å²) in [6, 6.07) is 3.39. The molecular formula is C18H23NO3S. The summed E-state index contributed by atoms with van der Waals surface area (Å²) in [5.41, 5.74) is 3.18. The Morgan fingerprint density at radius 1 is 1.35 bits per heavy atom. The van der Waals surface area contributed by atoms with Crippen molar-refractivity contribution in [3.05, 3.63) is 47.2 Å². The van der Waals surface area contributed by atoms with Crippen LogP contribution in [0.1, 0.15) is 37.5 Å². The van der Waals surface area contributed by atoms with E-state index in [1.807, 2.05) is 20.8 Å². The number of Topliss-reactive ketones (excluding diaryl/α,β-unsaturated/α-hetero) is 1. The van der Waals surface area contributed by atoms with Gasteiger partial charge in [0.15, 0.2) is 15.6 Å². The van der Waals surface area contributed by atoms with Gasteiger partial charge < -0.3 is 5.32 Å². The molecule has 124 valence electrons. The van der Waals surface area contributed by atoms with Gasteiger partial charge in [0.25, 0.3) is 0 Å². The lowest BCUT2D eigenvalue weighted by molar-refractivity contribution is -0.113. The average Bonchev–Trinajstić information content (AvgIpc) is 2.61. The number of hydrogen-bond acceptors (Lipinski definition) is 4. The summed E-state index contributed by atoms with van der Waals surface area (Å²) in [6.07, 6.45) is 1.62. The van der Waals surface area contributed by atoms with Crippen LogP contribution in [-0.4, -0.2) is 27.0 Å². The lowest BCUT2D eigenvalue weighted by Crippen LogP contribution is -2.20. The molecule has 0 radical (unpaired) electrons. The molecule has 2 rings (SSSR count). The number of nitrogens with one attached hydrogen (secondary N) is 1. The van der Waals surface area contributed by atoms with Crippen LogP contribution in [0.15, 0.2) is 35.4 Å². The third kappa shape index (κ3) is 2.85. The van der Waals surface area contributed by atoms with Crippen LogP contribution in [0.2, 0.25) is 0 Å². The molecule has 0 spiro atoms. The molecule has 0 unspecified atom stereocenters. The van der Waals surface area contributed by atoms with Crippen molar-refractivity contribution < 1.29 is 13.2 Å². The van der Waals surface area contributed by atoms with Crippen molar-refractivity contribution in [2.75, 3.05) is 12.8 Å². The van der Waals surface area contributed by atoms with Gasteiger partial charge in [0.05, 0.1) is 10.6 Å². The molecular weight excluding hydrogens is 310 g/mol. The first-order valence-electron chi connectivity index (χ1n) is 7.48. The third-order valence-corrected chi connectivity index (χ3v) is 6.42. The Hall–Kier alpha value is -1.88. The topological polar surface area (TPSA) is 63.2 Å². The summed E-state index contributed by atoms with van der Waals surface area (Å²) < 4.78 is 24.7. The van der Waals surface area contributed by atoms with Crippen LogP contribution >= 0.6 is 0 Å². The van der Waals surface area contributed by atoms with Gasteiger partial charge in [0, 0.05) is 24.2 Å². The second-order valence-electron chi connectivity index (χ2n) is 6.64. The van der Waals surface area contributed by atoms with Crippen molar-refractivity contribution in [1.29, 1.82) is 0 Å². The molecule has 1 aliphatic rings. The third-order valence-electron chi connectivity index (χ3n) is 4.31. The highest BCUT2D eigenvalue weighted by atomic mass is 32.2. The fraction of sp³-hybridized carbons (Fsp3) is 0.389. The first kappa shape index (κ1) is 17.5. The molecule has 0 aliphatic carbocycles. The number of carbonyl (C=O) groups is 1. The van der Waals surface area contributed by atoms with Crippen molar-refractivity contribution in [2.45, 2.75) is 38.0 Å². The maximum absolute atomic E-state index is 12.3. The highest BCUT2D eigenvalue weighted by Crippen LogP contribution is 2.43. The molecule has 5 heteroatoms. The predicted octanol–water partition coefficient (Wildman–Crippen LogP) is 2.77. The molecule has 0 saturated carbocycles. The van der Waals surface area contributed by atoms with Crippen LogP contribution in [0.4, 0.5) is 0 Å². The average molecular weight is 333 g/mol. The minimum Gasteiger partial charge on any atom is -0.393 e. The standard InChI is InChI=1S/C18H23NO3S/c1-11(15(9-19-6)13(3)20)14-7-8-16-17(12(14)2)18(4,5)10-23(16,21)22/h7-9,19H,1,10H2,2-6H3. The van der Waals surface area contributed by atoms with E-state index in [1.54, 1.807) is 25.4 Å². The Morgan fingerprint density at radius 2 is 1.96 bits per heavy atom. The quantitative estimate of drug-likeness (QED) is 0.680. The summed E-state index contributed by atoms with van der Waals surface area (Å²) in [6.45, 7) is 11.3. The SMILES string of the molecule is C=C(C(=CNC)C(C)=O)c1ccc2c(c1C)C(C)(C)CS2(=O)=O. The van der Waals surface area contributed by atoms with E-state index in [-0.39, 0.29) is 11.5 Å². The number of allylic oxidation sites excluding steroid dienone is 2. The van der Waals surface area contributed by atoms with E-state index in [0.717, 1.165) is 16.7 Å². The molecule has 1 aromatic carbocycles. The largest absolute Gasteiger partial charge is 0.393 e. The molecule has 1 aromatic rings. The summed E-state index contributed by atoms with van der Waals surface area (Å²) in [7, 11) is -1.52. The molecule has 0 fully saturated rings.